The smallest absolute Gasteiger partial charge is 0.394 e. The highest BCUT2D eigenvalue weighted by Gasteiger charge is 2.38. The number of halogens is 3. The van der Waals surface area contributed by atoms with Gasteiger partial charge in [0.05, 0.1) is 11.5 Å². The molecule has 0 amide bonds. The monoisotopic (exact) mass is 278 g/mol. The second-order valence-corrected chi connectivity index (χ2v) is 4.10. The first-order chi connectivity index (χ1) is 8.68. The van der Waals surface area contributed by atoms with Gasteiger partial charge in [0.2, 0.25) is 0 Å². The highest BCUT2D eigenvalue weighted by molar-refractivity contribution is 5.56. The Kier molecular flexibility index (Phi) is 4.35. The third-order valence-electron chi connectivity index (χ3n) is 2.81. The summed E-state index contributed by atoms with van der Waals surface area (Å²) in [5.41, 5.74) is -2.13. The second kappa shape index (κ2) is 5.43. The Bertz CT molecular complexity index is 477. The standard InChI is InChI=1S/C11H13F3N2O3/c1-7(6-17)15(2)8-3-4-10(16(18)19)9(5-8)11(12,13)14/h3-5,7,17H,6H2,1-2H3. The Morgan fingerprint density at radius 2 is 2.05 bits per heavy atom. The molecule has 0 heterocycles. The number of hydrogen-bond donors (Lipinski definition) is 1. The summed E-state index contributed by atoms with van der Waals surface area (Å²) in [6, 6.07) is 2.35. The zero-order valence-electron chi connectivity index (χ0n) is 10.3. The zero-order chi connectivity index (χ0) is 14.8. The molecular formula is C11H13F3N2O3. The van der Waals surface area contributed by atoms with E-state index in [0.717, 1.165) is 6.07 Å². The number of nitro benzene ring substituents is 1. The Balaban J connectivity index is 3.30. The molecule has 0 bridgehead atoms. The molecule has 0 aromatic heterocycles. The van der Waals surface area contributed by atoms with Crippen molar-refractivity contribution in [2.45, 2.75) is 19.1 Å². The molecule has 106 valence electrons. The van der Waals surface area contributed by atoms with E-state index in [1.54, 1.807) is 6.92 Å². The predicted octanol–water partition coefficient (Wildman–Crippen LogP) is 2.43. The van der Waals surface area contributed by atoms with Crippen LogP contribution in [0.5, 0.6) is 0 Å². The highest BCUT2D eigenvalue weighted by Crippen LogP contribution is 2.38. The van der Waals surface area contributed by atoms with Gasteiger partial charge >= 0.3 is 6.18 Å². The van der Waals surface area contributed by atoms with Crippen LogP contribution in [0, 0.1) is 10.1 Å². The maximum Gasteiger partial charge on any atom is 0.423 e. The first-order valence-corrected chi connectivity index (χ1v) is 5.37. The van der Waals surface area contributed by atoms with Gasteiger partial charge in [0.25, 0.3) is 5.69 Å². The molecule has 1 rings (SSSR count). The van der Waals surface area contributed by atoms with E-state index in [0.29, 0.717) is 6.07 Å². The third kappa shape index (κ3) is 3.34. The molecular weight excluding hydrogens is 265 g/mol. The van der Waals surface area contributed by atoms with Crippen LogP contribution in [0.3, 0.4) is 0 Å². The minimum atomic E-state index is -4.80. The number of benzene rings is 1. The Hall–Kier alpha value is -1.83. The van der Waals surface area contributed by atoms with E-state index in [1.165, 1.54) is 18.0 Å². The van der Waals surface area contributed by atoms with Crippen molar-refractivity contribution < 1.29 is 23.2 Å². The normalized spacial score (nSPS) is 13.2. The van der Waals surface area contributed by atoms with Crippen LogP contribution in [0.15, 0.2) is 18.2 Å². The lowest BCUT2D eigenvalue weighted by Crippen LogP contribution is -2.32. The van der Waals surface area contributed by atoms with Gasteiger partial charge in [0.1, 0.15) is 5.56 Å². The van der Waals surface area contributed by atoms with Gasteiger partial charge in [0.15, 0.2) is 0 Å². The van der Waals surface area contributed by atoms with E-state index in [2.05, 4.69) is 0 Å². The van der Waals surface area contributed by atoms with Gasteiger partial charge in [-0.2, -0.15) is 13.2 Å². The van der Waals surface area contributed by atoms with Crippen molar-refractivity contribution in [3.8, 4) is 0 Å². The number of anilines is 1. The van der Waals surface area contributed by atoms with Crippen molar-refractivity contribution in [1.29, 1.82) is 0 Å². The number of nitro groups is 1. The summed E-state index contributed by atoms with van der Waals surface area (Å²) in [4.78, 5) is 10.9. The lowest BCUT2D eigenvalue weighted by Gasteiger charge is -2.26. The van der Waals surface area contributed by atoms with Gasteiger partial charge < -0.3 is 10.0 Å². The van der Waals surface area contributed by atoms with Crippen molar-refractivity contribution in [3.63, 3.8) is 0 Å². The van der Waals surface area contributed by atoms with Gasteiger partial charge in [-0.1, -0.05) is 0 Å². The number of nitrogens with zero attached hydrogens (tertiary/aromatic N) is 2. The lowest BCUT2D eigenvalue weighted by molar-refractivity contribution is -0.388. The van der Waals surface area contributed by atoms with Crippen molar-refractivity contribution >= 4 is 11.4 Å². The summed E-state index contributed by atoms with van der Waals surface area (Å²) >= 11 is 0. The Labute approximate surface area is 107 Å². The minimum Gasteiger partial charge on any atom is -0.394 e. The van der Waals surface area contributed by atoms with Crippen molar-refractivity contribution in [2.75, 3.05) is 18.6 Å². The molecule has 0 radical (unpaired) electrons. The van der Waals surface area contributed by atoms with Crippen molar-refractivity contribution in [3.05, 3.63) is 33.9 Å². The minimum absolute atomic E-state index is 0.152. The molecule has 1 unspecified atom stereocenters. The molecule has 5 nitrogen and oxygen atoms in total. The van der Waals surface area contributed by atoms with Crippen LogP contribution in [0.2, 0.25) is 0 Å². The molecule has 8 heteroatoms. The van der Waals surface area contributed by atoms with E-state index in [1.807, 2.05) is 0 Å². The van der Waals surface area contributed by atoms with Crippen LogP contribution in [-0.2, 0) is 6.18 Å². The van der Waals surface area contributed by atoms with E-state index in [9.17, 15) is 23.3 Å². The molecule has 0 aliphatic heterocycles. The number of hydrogen-bond acceptors (Lipinski definition) is 4. The number of alkyl halides is 3. The largest absolute Gasteiger partial charge is 0.423 e. The number of likely N-dealkylation sites (N-methyl/N-ethyl adjacent to an activating group) is 1. The SMILES string of the molecule is CC(CO)N(C)c1ccc([N+](=O)[O-])c(C(F)(F)F)c1. The van der Waals surface area contributed by atoms with Gasteiger partial charge in [-0.3, -0.25) is 10.1 Å². The lowest BCUT2D eigenvalue weighted by atomic mass is 10.1. The summed E-state index contributed by atoms with van der Waals surface area (Å²) in [6.07, 6.45) is -4.80. The fourth-order valence-corrected chi connectivity index (χ4v) is 1.51. The first-order valence-electron chi connectivity index (χ1n) is 5.37. The summed E-state index contributed by atoms with van der Waals surface area (Å²) in [7, 11) is 1.50. The van der Waals surface area contributed by atoms with Gasteiger partial charge in [-0.15, -0.1) is 0 Å². The summed E-state index contributed by atoms with van der Waals surface area (Å²) in [5, 5.41) is 19.6. The fraction of sp³-hybridized carbons (Fsp3) is 0.455. The number of rotatable bonds is 4. The van der Waals surface area contributed by atoms with Crippen LogP contribution in [0.25, 0.3) is 0 Å². The molecule has 0 spiro atoms. The molecule has 19 heavy (non-hydrogen) atoms. The Morgan fingerprint density at radius 1 is 1.47 bits per heavy atom. The average molecular weight is 278 g/mol. The summed E-state index contributed by atoms with van der Waals surface area (Å²) in [5.74, 6) is 0. The number of aliphatic hydroxyl groups excluding tert-OH is 1. The third-order valence-corrected chi connectivity index (χ3v) is 2.81. The van der Waals surface area contributed by atoms with E-state index in [4.69, 9.17) is 5.11 Å². The molecule has 0 fully saturated rings. The molecule has 0 aliphatic rings. The molecule has 1 aromatic rings. The zero-order valence-corrected chi connectivity index (χ0v) is 10.3. The average Bonchev–Trinajstić information content (AvgIpc) is 2.35. The topological polar surface area (TPSA) is 66.6 Å². The molecule has 0 saturated heterocycles. The van der Waals surface area contributed by atoms with Crippen molar-refractivity contribution in [1.82, 2.24) is 0 Å². The molecule has 0 saturated carbocycles. The summed E-state index contributed by atoms with van der Waals surface area (Å²) in [6.45, 7) is 1.38. The highest BCUT2D eigenvalue weighted by atomic mass is 19.4. The fourth-order valence-electron chi connectivity index (χ4n) is 1.51. The van der Waals surface area contributed by atoms with E-state index in [-0.39, 0.29) is 12.3 Å². The van der Waals surface area contributed by atoms with Crippen LogP contribution in [-0.4, -0.2) is 29.7 Å². The van der Waals surface area contributed by atoms with Gasteiger partial charge in [-0.05, 0) is 19.1 Å². The predicted molar refractivity (Wildman–Crippen MR) is 63.0 cm³/mol. The van der Waals surface area contributed by atoms with Crippen molar-refractivity contribution in [2.24, 2.45) is 0 Å². The quantitative estimate of drug-likeness (QED) is 0.678. The van der Waals surface area contributed by atoms with Crippen LogP contribution in [0.1, 0.15) is 12.5 Å². The van der Waals surface area contributed by atoms with Gasteiger partial charge in [-0.25, -0.2) is 0 Å². The first kappa shape index (κ1) is 15.2. The van der Waals surface area contributed by atoms with Crippen LogP contribution < -0.4 is 4.90 Å². The van der Waals surface area contributed by atoms with Crippen LogP contribution in [0.4, 0.5) is 24.5 Å². The van der Waals surface area contributed by atoms with E-state index >= 15 is 0 Å². The van der Waals surface area contributed by atoms with Crippen LogP contribution >= 0.6 is 0 Å². The maximum absolute atomic E-state index is 12.8. The molecule has 1 atom stereocenters. The number of aliphatic hydroxyl groups is 1. The summed E-state index contributed by atoms with van der Waals surface area (Å²) < 4.78 is 38.3. The molecule has 1 N–H and O–H groups in total. The van der Waals surface area contributed by atoms with E-state index < -0.39 is 28.4 Å². The van der Waals surface area contributed by atoms with Gasteiger partial charge in [0, 0.05) is 24.8 Å². The Morgan fingerprint density at radius 3 is 2.47 bits per heavy atom. The maximum atomic E-state index is 12.8. The second-order valence-electron chi connectivity index (χ2n) is 4.10. The molecule has 1 aromatic carbocycles. The molecule has 0 aliphatic carbocycles.